The van der Waals surface area contributed by atoms with Gasteiger partial charge in [0, 0.05) is 16.5 Å². The number of benzene rings is 8. The Hall–Kier alpha value is -5.66. The first-order valence-electron chi connectivity index (χ1n) is 14.9. The van der Waals surface area contributed by atoms with Crippen LogP contribution in [0.1, 0.15) is 0 Å². The summed E-state index contributed by atoms with van der Waals surface area (Å²) in [6.07, 6.45) is 0. The smallest absolute Gasteiger partial charge is 0.0547 e. The Morgan fingerprint density at radius 2 is 0.907 bits per heavy atom. The van der Waals surface area contributed by atoms with Crippen LogP contribution in [0.3, 0.4) is 0 Å². The van der Waals surface area contributed by atoms with E-state index in [4.69, 9.17) is 0 Å². The molecule has 1 heterocycles. The van der Waals surface area contributed by atoms with Gasteiger partial charge in [0.15, 0.2) is 0 Å². The van der Waals surface area contributed by atoms with Crippen molar-refractivity contribution < 1.29 is 0 Å². The molecule has 9 rings (SSSR count). The maximum absolute atomic E-state index is 2.41. The Balaban J connectivity index is 1.46. The summed E-state index contributed by atoms with van der Waals surface area (Å²) in [5.41, 5.74) is 8.66. The number of aromatic nitrogens is 1. The van der Waals surface area contributed by atoms with Crippen molar-refractivity contribution in [3.8, 4) is 27.9 Å². The Morgan fingerprint density at radius 3 is 1.70 bits per heavy atom. The van der Waals surface area contributed by atoms with Crippen LogP contribution in [0.5, 0.6) is 0 Å². The maximum Gasteiger partial charge on any atom is 0.0547 e. The van der Waals surface area contributed by atoms with Crippen molar-refractivity contribution in [3.05, 3.63) is 164 Å². The molecule has 0 atom stereocenters. The fraction of sp³-hybridized carbons (Fsp3) is 0. The standard InChI is InChI=1S/C42H27N/c1-3-14-29(15-4-1)41-36-21-10-9-20-35(36)40(37-26-23-28-13-7-8-18-32(28)42(37)41)30-24-25-34-33-19-11-12-22-38(33)43(39(34)27-30)31-16-5-2-6-17-31/h1-27H. The molecule has 0 saturated carbocycles. The third-order valence-electron chi connectivity index (χ3n) is 8.95. The molecule has 9 aromatic rings. The van der Waals surface area contributed by atoms with Crippen LogP contribution in [0.25, 0.3) is 82.1 Å². The summed E-state index contributed by atoms with van der Waals surface area (Å²) < 4.78 is 2.41. The van der Waals surface area contributed by atoms with Crippen LogP contribution in [0, 0.1) is 0 Å². The largest absolute Gasteiger partial charge is 0.309 e. The zero-order chi connectivity index (χ0) is 28.3. The van der Waals surface area contributed by atoms with E-state index in [0.717, 1.165) is 0 Å². The highest BCUT2D eigenvalue weighted by Crippen LogP contribution is 2.47. The van der Waals surface area contributed by atoms with Crippen LogP contribution in [-0.2, 0) is 0 Å². The quantitative estimate of drug-likeness (QED) is 0.154. The molecule has 0 radical (unpaired) electrons. The highest BCUT2D eigenvalue weighted by Gasteiger charge is 2.20. The molecule has 0 N–H and O–H groups in total. The highest BCUT2D eigenvalue weighted by atomic mass is 15.0. The zero-order valence-electron chi connectivity index (χ0n) is 23.5. The van der Waals surface area contributed by atoms with Crippen LogP contribution in [0.2, 0.25) is 0 Å². The molecule has 0 aliphatic rings. The second-order valence-electron chi connectivity index (χ2n) is 11.3. The van der Waals surface area contributed by atoms with Crippen molar-refractivity contribution in [1.82, 2.24) is 4.57 Å². The summed E-state index contributed by atoms with van der Waals surface area (Å²) in [6, 6.07) is 59.7. The van der Waals surface area contributed by atoms with E-state index < -0.39 is 0 Å². The third-order valence-corrected chi connectivity index (χ3v) is 8.95. The topological polar surface area (TPSA) is 4.93 Å². The molecule has 0 spiro atoms. The van der Waals surface area contributed by atoms with E-state index in [1.165, 1.54) is 82.1 Å². The minimum Gasteiger partial charge on any atom is -0.309 e. The average molecular weight is 546 g/mol. The van der Waals surface area contributed by atoms with Gasteiger partial charge in [-0.3, -0.25) is 0 Å². The SMILES string of the molecule is c1ccc(-c2c3ccccc3c(-c3ccc4c5ccccc5n(-c5ccccc5)c4c3)c3ccc4ccccc4c23)cc1. The van der Waals surface area contributed by atoms with Crippen LogP contribution in [-0.4, -0.2) is 4.57 Å². The summed E-state index contributed by atoms with van der Waals surface area (Å²) in [4.78, 5) is 0. The molecule has 0 aliphatic carbocycles. The Bertz CT molecular complexity index is 2480. The number of nitrogens with zero attached hydrogens (tertiary/aromatic N) is 1. The van der Waals surface area contributed by atoms with Crippen molar-refractivity contribution in [1.29, 1.82) is 0 Å². The van der Waals surface area contributed by atoms with Gasteiger partial charge < -0.3 is 4.57 Å². The summed E-state index contributed by atoms with van der Waals surface area (Å²) in [5, 5.41) is 10.2. The normalized spacial score (nSPS) is 11.7. The lowest BCUT2D eigenvalue weighted by molar-refractivity contribution is 1.18. The lowest BCUT2D eigenvalue weighted by atomic mass is 9.84. The zero-order valence-corrected chi connectivity index (χ0v) is 23.5. The molecular formula is C42H27N. The van der Waals surface area contributed by atoms with Crippen molar-refractivity contribution in [2.45, 2.75) is 0 Å². The van der Waals surface area contributed by atoms with Crippen LogP contribution < -0.4 is 0 Å². The number of hydrogen-bond acceptors (Lipinski definition) is 0. The number of fused-ring (bicyclic) bond motifs is 7. The second-order valence-corrected chi connectivity index (χ2v) is 11.3. The van der Waals surface area contributed by atoms with Gasteiger partial charge >= 0.3 is 0 Å². The second kappa shape index (κ2) is 9.44. The molecular weight excluding hydrogens is 518 g/mol. The lowest BCUT2D eigenvalue weighted by Gasteiger charge is -2.19. The van der Waals surface area contributed by atoms with E-state index >= 15 is 0 Å². The fourth-order valence-electron chi connectivity index (χ4n) is 7.15. The molecule has 0 aliphatic heterocycles. The van der Waals surface area contributed by atoms with Crippen molar-refractivity contribution in [3.63, 3.8) is 0 Å². The van der Waals surface area contributed by atoms with E-state index in [1.807, 2.05) is 0 Å². The average Bonchev–Trinajstić information content (AvgIpc) is 3.41. The Labute approximate surface area is 249 Å². The monoisotopic (exact) mass is 545 g/mol. The first-order valence-corrected chi connectivity index (χ1v) is 14.9. The van der Waals surface area contributed by atoms with Crippen molar-refractivity contribution in [2.75, 3.05) is 0 Å². The van der Waals surface area contributed by atoms with Gasteiger partial charge in [0.2, 0.25) is 0 Å². The van der Waals surface area contributed by atoms with E-state index in [0.29, 0.717) is 0 Å². The van der Waals surface area contributed by atoms with Gasteiger partial charge in [-0.1, -0.05) is 140 Å². The predicted octanol–water partition coefficient (Wildman–Crippen LogP) is 11.6. The number of para-hydroxylation sites is 2. The minimum atomic E-state index is 1.17. The molecule has 0 saturated heterocycles. The molecule has 1 aromatic heterocycles. The van der Waals surface area contributed by atoms with E-state index in [2.05, 4.69) is 168 Å². The van der Waals surface area contributed by atoms with Gasteiger partial charge in [-0.25, -0.2) is 0 Å². The molecule has 200 valence electrons. The first-order chi connectivity index (χ1) is 21.4. The van der Waals surface area contributed by atoms with Gasteiger partial charge in [-0.15, -0.1) is 0 Å². The van der Waals surface area contributed by atoms with Crippen LogP contribution >= 0.6 is 0 Å². The van der Waals surface area contributed by atoms with E-state index in [-0.39, 0.29) is 0 Å². The third kappa shape index (κ3) is 3.58. The molecule has 0 unspecified atom stereocenters. The Morgan fingerprint density at radius 1 is 0.326 bits per heavy atom. The maximum atomic E-state index is 2.41. The molecule has 43 heavy (non-hydrogen) atoms. The summed E-state index contributed by atoms with van der Waals surface area (Å²) in [6.45, 7) is 0. The van der Waals surface area contributed by atoms with Crippen LogP contribution in [0.4, 0.5) is 0 Å². The molecule has 0 amide bonds. The number of hydrogen-bond donors (Lipinski definition) is 0. The molecule has 1 nitrogen and oxygen atoms in total. The fourth-order valence-corrected chi connectivity index (χ4v) is 7.15. The van der Waals surface area contributed by atoms with E-state index in [1.54, 1.807) is 0 Å². The summed E-state index contributed by atoms with van der Waals surface area (Å²) in [5.74, 6) is 0. The van der Waals surface area contributed by atoms with Crippen molar-refractivity contribution >= 4 is 54.1 Å². The number of rotatable bonds is 3. The van der Waals surface area contributed by atoms with Gasteiger partial charge in [0.25, 0.3) is 0 Å². The summed E-state index contributed by atoms with van der Waals surface area (Å²) >= 11 is 0. The van der Waals surface area contributed by atoms with Gasteiger partial charge in [0.05, 0.1) is 11.0 Å². The summed E-state index contributed by atoms with van der Waals surface area (Å²) in [7, 11) is 0. The predicted molar refractivity (Wildman–Crippen MR) is 184 cm³/mol. The minimum absolute atomic E-state index is 1.17. The highest BCUT2D eigenvalue weighted by molar-refractivity contribution is 6.28. The molecule has 1 heteroatoms. The molecule has 0 fully saturated rings. The van der Waals surface area contributed by atoms with Crippen LogP contribution in [0.15, 0.2) is 164 Å². The van der Waals surface area contributed by atoms with E-state index in [9.17, 15) is 0 Å². The van der Waals surface area contributed by atoms with Gasteiger partial charge in [0.1, 0.15) is 0 Å². The Kier molecular flexibility index (Phi) is 5.27. The van der Waals surface area contributed by atoms with Gasteiger partial charge in [-0.05, 0) is 78.8 Å². The molecule has 0 bridgehead atoms. The molecule has 8 aromatic carbocycles. The van der Waals surface area contributed by atoms with Gasteiger partial charge in [-0.2, -0.15) is 0 Å². The first kappa shape index (κ1) is 24.0. The van der Waals surface area contributed by atoms with Crippen molar-refractivity contribution in [2.24, 2.45) is 0 Å². The lowest BCUT2D eigenvalue weighted by Crippen LogP contribution is -1.94.